The number of amides is 1. The Morgan fingerprint density at radius 3 is 2.23 bits per heavy atom. The number of carbonyl (C=O) groups is 2. The number of carboxylic acid groups (broad SMARTS) is 1. The summed E-state index contributed by atoms with van der Waals surface area (Å²) >= 11 is 10.1. The molecule has 0 aliphatic carbocycles. The van der Waals surface area contributed by atoms with Gasteiger partial charge in [-0.3, -0.25) is 4.79 Å². The monoisotopic (exact) mass is 405 g/mol. The van der Waals surface area contributed by atoms with Crippen LogP contribution in [0.15, 0.2) is 0 Å². The molecule has 0 bridgehead atoms. The van der Waals surface area contributed by atoms with Gasteiger partial charge in [-0.05, 0) is 25.7 Å². The van der Waals surface area contributed by atoms with Crippen molar-refractivity contribution in [2.24, 2.45) is 0 Å². The topological polar surface area (TPSA) is 69.2 Å². The van der Waals surface area contributed by atoms with Gasteiger partial charge in [0.1, 0.15) is 0 Å². The number of hydrogen-bond donors (Lipinski definition) is 1. The number of nitrogens with one attached hydrogen (secondary N) is 1. The first-order chi connectivity index (χ1) is 9.56. The molecule has 0 aliphatic rings. The van der Waals surface area contributed by atoms with Gasteiger partial charge in [0.15, 0.2) is 0 Å². The Kier molecular flexibility index (Phi) is 25.9. The fourth-order valence-corrected chi connectivity index (χ4v) is 2.54. The van der Waals surface area contributed by atoms with Crippen LogP contribution in [-0.4, -0.2) is 29.4 Å². The summed E-state index contributed by atoms with van der Waals surface area (Å²) < 4.78 is 0. The Bertz CT molecular complexity index is 287. The Morgan fingerprint density at radius 1 is 1.00 bits per heavy atom. The van der Waals surface area contributed by atoms with E-state index >= 15 is 0 Å². The standard InChI is InChI=1S/C14H27NO3S2.Na.Zn/c16-13(7-4-3-6-12(20)9-11-19)15-10-5-1-2-8-14(17)18;;/h12,19-20H,1-11H2,(H,15,16)(H,17,18);;/q;+1;+2/p-3. The second-order valence-corrected chi connectivity index (χ2v) is 5.97. The normalized spacial score (nSPS) is 11.0. The molecule has 22 heavy (non-hydrogen) atoms. The predicted molar refractivity (Wildman–Crippen MR) is 83.0 cm³/mol. The maximum atomic E-state index is 11.5. The van der Waals surface area contributed by atoms with E-state index in [0.29, 0.717) is 25.1 Å². The minimum atomic E-state index is -1.01. The summed E-state index contributed by atoms with van der Waals surface area (Å²) in [6, 6.07) is 0. The molecule has 1 unspecified atom stereocenters. The molecule has 0 saturated heterocycles. The van der Waals surface area contributed by atoms with Gasteiger partial charge in [0.25, 0.3) is 0 Å². The Balaban J connectivity index is -0.00000180. The van der Waals surface area contributed by atoms with Gasteiger partial charge >= 0.3 is 49.0 Å². The van der Waals surface area contributed by atoms with E-state index in [1.54, 1.807) is 0 Å². The third kappa shape index (κ3) is 21.3. The summed E-state index contributed by atoms with van der Waals surface area (Å²) in [5.41, 5.74) is 0. The fourth-order valence-electron chi connectivity index (χ4n) is 1.82. The van der Waals surface area contributed by atoms with Crippen molar-refractivity contribution in [3.05, 3.63) is 0 Å². The van der Waals surface area contributed by atoms with Crippen molar-refractivity contribution < 1.29 is 63.7 Å². The van der Waals surface area contributed by atoms with Crippen LogP contribution in [0.5, 0.6) is 0 Å². The van der Waals surface area contributed by atoms with Crippen LogP contribution in [0.4, 0.5) is 0 Å². The van der Waals surface area contributed by atoms with E-state index in [0.717, 1.165) is 38.5 Å². The molecular weight excluding hydrogens is 383 g/mol. The van der Waals surface area contributed by atoms with Crippen LogP contribution in [0.2, 0.25) is 0 Å². The van der Waals surface area contributed by atoms with Crippen molar-refractivity contribution in [1.29, 1.82) is 0 Å². The van der Waals surface area contributed by atoms with Crippen LogP contribution in [0, 0.1) is 0 Å². The van der Waals surface area contributed by atoms with Crippen LogP contribution in [0.25, 0.3) is 0 Å². The number of rotatable bonds is 13. The van der Waals surface area contributed by atoms with Crippen molar-refractivity contribution in [2.75, 3.05) is 12.3 Å². The van der Waals surface area contributed by atoms with Crippen LogP contribution in [0.3, 0.4) is 0 Å². The smallest absolute Gasteiger partial charge is 0.793 e. The molecule has 1 amide bonds. The van der Waals surface area contributed by atoms with Gasteiger partial charge in [0, 0.05) is 18.9 Å². The van der Waals surface area contributed by atoms with Crippen molar-refractivity contribution >= 4 is 37.1 Å². The van der Waals surface area contributed by atoms with E-state index in [9.17, 15) is 14.7 Å². The zero-order valence-corrected chi connectivity index (χ0v) is 20.2. The second-order valence-electron chi connectivity index (χ2n) is 4.89. The fraction of sp³-hybridized carbons (Fsp3) is 0.857. The average molecular weight is 407 g/mol. The molecular formula is C14H24NNaO3S2Zn. The van der Waals surface area contributed by atoms with Gasteiger partial charge in [0.05, 0.1) is 0 Å². The first-order valence-electron chi connectivity index (χ1n) is 7.26. The van der Waals surface area contributed by atoms with Gasteiger partial charge < -0.3 is 40.5 Å². The number of unbranched alkanes of at least 4 members (excludes halogenated alkanes) is 3. The van der Waals surface area contributed by atoms with E-state index in [2.05, 4.69) is 5.32 Å². The van der Waals surface area contributed by atoms with E-state index in [4.69, 9.17) is 25.3 Å². The third-order valence-electron chi connectivity index (χ3n) is 3.00. The zero-order chi connectivity index (χ0) is 15.2. The molecule has 0 aromatic rings. The molecule has 1 atom stereocenters. The first kappa shape index (κ1) is 28.1. The summed E-state index contributed by atoms with van der Waals surface area (Å²) in [5, 5.41) is 13.3. The maximum Gasteiger partial charge on any atom is 2.00 e. The van der Waals surface area contributed by atoms with Gasteiger partial charge in [-0.15, -0.1) is 0 Å². The Hall–Kier alpha value is 1.26. The molecule has 0 aromatic heterocycles. The number of aliphatic carboxylic acids is 1. The van der Waals surface area contributed by atoms with E-state index in [-0.39, 0.29) is 66.6 Å². The summed E-state index contributed by atoms with van der Waals surface area (Å²) in [6.07, 6.45) is 6.56. The molecule has 0 radical (unpaired) electrons. The minimum absolute atomic E-state index is 0. The molecule has 0 spiro atoms. The Labute approximate surface area is 180 Å². The van der Waals surface area contributed by atoms with Crippen LogP contribution in [-0.2, 0) is 54.3 Å². The van der Waals surface area contributed by atoms with Gasteiger partial charge in [-0.25, -0.2) is 0 Å². The second kappa shape index (κ2) is 20.3. The van der Waals surface area contributed by atoms with Crippen molar-refractivity contribution in [2.45, 2.75) is 63.0 Å². The van der Waals surface area contributed by atoms with Gasteiger partial charge in [0.2, 0.25) is 5.91 Å². The number of carbonyl (C=O) groups excluding carboxylic acids is 2. The summed E-state index contributed by atoms with van der Waals surface area (Å²) in [7, 11) is 0. The average Bonchev–Trinajstić information content (AvgIpc) is 2.39. The molecule has 0 rings (SSSR count). The molecule has 0 aromatic carbocycles. The predicted octanol–water partition coefficient (Wildman–Crippen LogP) is -2.17. The van der Waals surface area contributed by atoms with Crippen molar-refractivity contribution in [3.8, 4) is 0 Å². The molecule has 0 heterocycles. The van der Waals surface area contributed by atoms with Crippen molar-refractivity contribution in [1.82, 2.24) is 5.32 Å². The molecule has 118 valence electrons. The zero-order valence-electron chi connectivity index (χ0n) is 13.6. The molecule has 0 saturated carbocycles. The van der Waals surface area contributed by atoms with Crippen LogP contribution in [0.1, 0.15) is 57.8 Å². The quantitative estimate of drug-likeness (QED) is 0.214. The van der Waals surface area contributed by atoms with Gasteiger partial charge in [-0.2, -0.15) is 11.0 Å². The minimum Gasteiger partial charge on any atom is -0.793 e. The largest absolute Gasteiger partial charge is 2.00 e. The summed E-state index contributed by atoms with van der Waals surface area (Å²) in [6.45, 7) is 0.617. The molecule has 0 aliphatic heterocycles. The van der Waals surface area contributed by atoms with E-state index in [1.807, 2.05) is 0 Å². The van der Waals surface area contributed by atoms with E-state index in [1.165, 1.54) is 0 Å². The summed E-state index contributed by atoms with van der Waals surface area (Å²) in [4.78, 5) is 21.7. The molecule has 8 heteroatoms. The molecule has 1 N–H and O–H groups in total. The van der Waals surface area contributed by atoms with Gasteiger partial charge in [-0.1, -0.05) is 25.7 Å². The Morgan fingerprint density at radius 2 is 1.64 bits per heavy atom. The van der Waals surface area contributed by atoms with E-state index < -0.39 is 5.97 Å². The molecule has 0 fully saturated rings. The summed E-state index contributed by atoms with van der Waals surface area (Å²) in [5.74, 6) is -0.230. The SMILES string of the molecule is O=C([O-])CCCCCNC(=O)CCCCC([S-])CC[S-].[Na+].[Zn+2]. The number of hydrogen-bond acceptors (Lipinski definition) is 5. The van der Waals surface area contributed by atoms with Crippen LogP contribution < -0.4 is 40.0 Å². The molecule has 4 nitrogen and oxygen atoms in total. The maximum absolute atomic E-state index is 11.5. The van der Waals surface area contributed by atoms with Crippen LogP contribution >= 0.6 is 0 Å². The number of carboxylic acids is 1. The van der Waals surface area contributed by atoms with Crippen molar-refractivity contribution in [3.63, 3.8) is 0 Å². The third-order valence-corrected chi connectivity index (χ3v) is 3.71. The first-order valence-corrected chi connectivity index (χ1v) is 8.31.